The monoisotopic (exact) mass is 548 g/mol. The predicted octanol–water partition coefficient (Wildman–Crippen LogP) is 6.57. The van der Waals surface area contributed by atoms with Crippen LogP contribution in [0.25, 0.3) is 0 Å². The Balaban J connectivity index is 1.08. The van der Waals surface area contributed by atoms with E-state index in [1.807, 2.05) is 30.3 Å². The Kier molecular flexibility index (Phi) is 9.12. The Hall–Kier alpha value is -4.42. The molecule has 6 nitrogen and oxygen atoms in total. The lowest BCUT2D eigenvalue weighted by molar-refractivity contribution is 0.102. The summed E-state index contributed by atoms with van der Waals surface area (Å²) in [4.78, 5) is 28.2. The van der Waals surface area contributed by atoms with E-state index < -0.39 is 0 Å². The van der Waals surface area contributed by atoms with E-state index in [0.29, 0.717) is 16.7 Å². The van der Waals surface area contributed by atoms with Crippen LogP contribution >= 0.6 is 0 Å². The van der Waals surface area contributed by atoms with Crippen molar-refractivity contribution in [2.75, 3.05) is 32.6 Å². The molecule has 0 aromatic heterocycles. The van der Waals surface area contributed by atoms with Gasteiger partial charge in [0.15, 0.2) is 17.3 Å². The Bertz CT molecular complexity index is 1500. The first-order valence-electron chi connectivity index (χ1n) is 14.1. The molecule has 0 fully saturated rings. The van der Waals surface area contributed by atoms with Crippen LogP contribution in [0.2, 0.25) is 0 Å². The van der Waals surface area contributed by atoms with Crippen LogP contribution in [0.1, 0.15) is 55.8 Å². The summed E-state index contributed by atoms with van der Waals surface area (Å²) in [5.74, 6) is 1.25. The molecule has 210 valence electrons. The number of hydrogen-bond acceptors (Lipinski definition) is 5. The van der Waals surface area contributed by atoms with E-state index in [9.17, 15) is 9.59 Å². The summed E-state index contributed by atoms with van der Waals surface area (Å²) in [7, 11) is 3.36. The Morgan fingerprint density at radius 2 is 1.44 bits per heavy atom. The molecule has 6 heteroatoms. The molecule has 0 unspecified atom stereocenters. The van der Waals surface area contributed by atoms with Gasteiger partial charge in [-0.3, -0.25) is 14.5 Å². The normalized spacial score (nSPS) is 12.8. The second kappa shape index (κ2) is 13.3. The van der Waals surface area contributed by atoms with Gasteiger partial charge < -0.3 is 14.8 Å². The number of hydrogen-bond donors (Lipinski definition) is 1. The molecule has 0 aliphatic carbocycles. The minimum absolute atomic E-state index is 0.101. The minimum atomic E-state index is -0.236. The summed E-state index contributed by atoms with van der Waals surface area (Å²) in [5.41, 5.74) is 6.20. The molecular formula is C35H36N2O4. The summed E-state index contributed by atoms with van der Waals surface area (Å²) in [6.07, 6.45) is 4.24. The number of aryl methyl sites for hydroxylation is 1. The van der Waals surface area contributed by atoms with E-state index in [4.69, 9.17) is 9.47 Å². The first-order valence-corrected chi connectivity index (χ1v) is 14.1. The number of anilines is 1. The fraction of sp³-hybridized carbons (Fsp3) is 0.257. The SMILES string of the molecule is COc1cc2c(cc1OC)CN(CCCCc1ccc(NC(=O)c3cccc(C(=O)c4ccccc4)c3)cc1)CC2. The Labute approximate surface area is 241 Å². The van der Waals surface area contributed by atoms with Gasteiger partial charge in [-0.2, -0.15) is 0 Å². The summed E-state index contributed by atoms with van der Waals surface area (Å²) >= 11 is 0. The van der Waals surface area contributed by atoms with Gasteiger partial charge in [-0.1, -0.05) is 54.6 Å². The van der Waals surface area contributed by atoms with Gasteiger partial charge in [-0.25, -0.2) is 0 Å². The number of carbonyl (C=O) groups is 2. The fourth-order valence-corrected chi connectivity index (χ4v) is 5.31. The standard InChI is InChI=1S/C35H36N2O4/c1-40-32-22-27-18-20-37(24-30(27)23-33(32)41-2)19-7-6-9-25-14-16-31(17-15-25)36-35(39)29-13-8-12-28(21-29)34(38)26-10-4-3-5-11-26/h3-5,8,10-17,21-23H,6-7,9,18-20,24H2,1-2H3,(H,36,39). The van der Waals surface area contributed by atoms with Gasteiger partial charge in [-0.15, -0.1) is 0 Å². The fourth-order valence-electron chi connectivity index (χ4n) is 5.31. The molecule has 1 aliphatic rings. The highest BCUT2D eigenvalue weighted by molar-refractivity contribution is 6.11. The lowest BCUT2D eigenvalue weighted by Crippen LogP contribution is -2.31. The zero-order valence-corrected chi connectivity index (χ0v) is 23.7. The molecule has 0 atom stereocenters. The molecule has 0 spiro atoms. The number of unbranched alkanes of at least 4 members (excludes halogenated alkanes) is 1. The zero-order chi connectivity index (χ0) is 28.6. The van der Waals surface area contributed by atoms with Crippen molar-refractivity contribution in [1.82, 2.24) is 4.90 Å². The molecule has 0 saturated carbocycles. The number of carbonyl (C=O) groups excluding carboxylic acids is 2. The third-order valence-electron chi connectivity index (χ3n) is 7.62. The van der Waals surface area contributed by atoms with Crippen molar-refractivity contribution < 1.29 is 19.1 Å². The van der Waals surface area contributed by atoms with Crippen LogP contribution in [0, 0.1) is 0 Å². The number of benzene rings is 4. The second-order valence-electron chi connectivity index (χ2n) is 10.4. The number of nitrogens with zero attached hydrogens (tertiary/aromatic N) is 1. The van der Waals surface area contributed by atoms with Crippen molar-refractivity contribution in [3.8, 4) is 11.5 Å². The molecule has 1 heterocycles. The molecular weight excluding hydrogens is 512 g/mol. The van der Waals surface area contributed by atoms with Gasteiger partial charge in [0.1, 0.15) is 0 Å². The molecule has 0 saturated heterocycles. The van der Waals surface area contributed by atoms with Gasteiger partial charge in [0.05, 0.1) is 14.2 Å². The summed E-state index contributed by atoms with van der Waals surface area (Å²) in [6.45, 7) is 3.06. The molecule has 4 aromatic rings. The highest BCUT2D eigenvalue weighted by Gasteiger charge is 2.19. The van der Waals surface area contributed by atoms with Crippen LogP contribution in [0.3, 0.4) is 0 Å². The van der Waals surface area contributed by atoms with Crippen LogP contribution in [-0.4, -0.2) is 43.9 Å². The van der Waals surface area contributed by atoms with Crippen molar-refractivity contribution in [2.45, 2.75) is 32.2 Å². The van der Waals surface area contributed by atoms with Gasteiger partial charge in [0.25, 0.3) is 5.91 Å². The van der Waals surface area contributed by atoms with Crippen LogP contribution in [0.5, 0.6) is 11.5 Å². The van der Waals surface area contributed by atoms with Gasteiger partial charge >= 0.3 is 0 Å². The third kappa shape index (κ3) is 7.02. The highest BCUT2D eigenvalue weighted by Crippen LogP contribution is 2.33. The maximum atomic E-state index is 12.9. The number of nitrogens with one attached hydrogen (secondary N) is 1. The maximum Gasteiger partial charge on any atom is 0.255 e. The second-order valence-corrected chi connectivity index (χ2v) is 10.4. The number of rotatable bonds is 11. The highest BCUT2D eigenvalue weighted by atomic mass is 16.5. The topological polar surface area (TPSA) is 67.9 Å². The minimum Gasteiger partial charge on any atom is -0.493 e. The average Bonchev–Trinajstić information content (AvgIpc) is 3.03. The largest absolute Gasteiger partial charge is 0.493 e. The molecule has 1 aliphatic heterocycles. The van der Waals surface area contributed by atoms with Crippen LogP contribution in [0.15, 0.2) is 91.0 Å². The van der Waals surface area contributed by atoms with E-state index >= 15 is 0 Å². The molecule has 1 amide bonds. The molecule has 0 radical (unpaired) electrons. The van der Waals surface area contributed by atoms with Gasteiger partial charge in [0, 0.05) is 35.5 Å². The first kappa shape index (κ1) is 28.1. The predicted molar refractivity (Wildman–Crippen MR) is 162 cm³/mol. The molecule has 5 rings (SSSR count). The number of methoxy groups -OCH3 is 2. The molecule has 1 N–H and O–H groups in total. The molecule has 0 bridgehead atoms. The smallest absolute Gasteiger partial charge is 0.255 e. The summed E-state index contributed by atoms with van der Waals surface area (Å²) in [6, 6.07) is 28.2. The average molecular weight is 549 g/mol. The first-order chi connectivity index (χ1) is 20.0. The Morgan fingerprint density at radius 1 is 0.756 bits per heavy atom. The van der Waals surface area contributed by atoms with Crippen molar-refractivity contribution in [3.05, 3.63) is 124 Å². The maximum absolute atomic E-state index is 12.9. The van der Waals surface area contributed by atoms with Crippen molar-refractivity contribution in [1.29, 1.82) is 0 Å². The zero-order valence-electron chi connectivity index (χ0n) is 23.7. The van der Waals surface area contributed by atoms with Crippen LogP contribution in [0.4, 0.5) is 5.69 Å². The quantitative estimate of drug-likeness (QED) is 0.170. The van der Waals surface area contributed by atoms with Crippen LogP contribution < -0.4 is 14.8 Å². The Morgan fingerprint density at radius 3 is 2.17 bits per heavy atom. The van der Waals surface area contributed by atoms with E-state index in [2.05, 4.69) is 34.5 Å². The lowest BCUT2D eigenvalue weighted by Gasteiger charge is -2.29. The third-order valence-corrected chi connectivity index (χ3v) is 7.62. The van der Waals surface area contributed by atoms with E-state index in [1.54, 1.807) is 50.6 Å². The van der Waals surface area contributed by atoms with Gasteiger partial charge in [-0.05, 0) is 85.3 Å². The molecule has 4 aromatic carbocycles. The van der Waals surface area contributed by atoms with Crippen molar-refractivity contribution >= 4 is 17.4 Å². The van der Waals surface area contributed by atoms with Gasteiger partial charge in [0.2, 0.25) is 0 Å². The van der Waals surface area contributed by atoms with Crippen molar-refractivity contribution in [3.63, 3.8) is 0 Å². The number of ketones is 1. The number of amides is 1. The van der Waals surface area contributed by atoms with E-state index in [-0.39, 0.29) is 11.7 Å². The summed E-state index contributed by atoms with van der Waals surface area (Å²) < 4.78 is 10.9. The van der Waals surface area contributed by atoms with Crippen LogP contribution in [-0.2, 0) is 19.4 Å². The van der Waals surface area contributed by atoms with Crippen molar-refractivity contribution in [2.24, 2.45) is 0 Å². The van der Waals surface area contributed by atoms with E-state index in [0.717, 1.165) is 62.5 Å². The van der Waals surface area contributed by atoms with E-state index in [1.165, 1.54) is 16.7 Å². The molecule has 41 heavy (non-hydrogen) atoms. The lowest BCUT2D eigenvalue weighted by atomic mass is 9.98. The number of ether oxygens (including phenoxy) is 2. The summed E-state index contributed by atoms with van der Waals surface area (Å²) in [5, 5.41) is 2.95. The number of fused-ring (bicyclic) bond motifs is 1.